The number of carboxylic acid groups (broad SMARTS) is 1. The standard InChI is InChI=1S/C49H58N8O15/c50-37(58)17-35-42(63)43(64)36(72-35)18-51-38(59)15-14-33(57-47(69)70-22-32-30-12-6-4-10-28(30)29-11-5-7-13-31(29)32)44(65)53-19-39(60)52-21-41(62)56-34(16-27-8-2-1-3-9-27)45(66)54-20-40(61)55-26-71-49-23-48(24-49,25-49)46(67)68/h1-13,32-36,42-43,63-64H,14-26H2,(H2,50,58)(H,51,59)(H,52,60)(H,53,65)(H,54,66)(H,55,61)(H,56,62)(H,57,69)(H,67,68)/t33-,34-,35-,36+,42-,43+,48?,49?/m0/s1. The highest BCUT2D eigenvalue weighted by Crippen LogP contribution is 2.69. The molecule has 23 nitrogen and oxygen atoms in total. The quantitative estimate of drug-likeness (QED) is 0.0423. The maximum absolute atomic E-state index is 13.6. The van der Waals surface area contributed by atoms with E-state index in [0.717, 1.165) is 22.3 Å². The van der Waals surface area contributed by atoms with Gasteiger partial charge in [-0.15, -0.1) is 0 Å². The summed E-state index contributed by atoms with van der Waals surface area (Å²) in [5, 5.41) is 47.2. The Kier molecular flexibility index (Phi) is 16.9. The number of hydrogen-bond acceptors (Lipinski definition) is 14. The van der Waals surface area contributed by atoms with Crippen LogP contribution in [0.15, 0.2) is 78.9 Å². The van der Waals surface area contributed by atoms with Crippen LogP contribution in [0, 0.1) is 5.41 Å². The van der Waals surface area contributed by atoms with Gasteiger partial charge in [-0.05, 0) is 53.5 Å². The van der Waals surface area contributed by atoms with Gasteiger partial charge in [0.1, 0.15) is 43.7 Å². The van der Waals surface area contributed by atoms with E-state index in [2.05, 4.69) is 37.2 Å². The van der Waals surface area contributed by atoms with Gasteiger partial charge in [0.05, 0.1) is 43.2 Å². The summed E-state index contributed by atoms with van der Waals surface area (Å²) in [6.45, 7) is -2.32. The molecule has 0 aromatic heterocycles. The van der Waals surface area contributed by atoms with E-state index in [1.54, 1.807) is 30.3 Å². The highest BCUT2D eigenvalue weighted by Gasteiger charge is 2.73. The van der Waals surface area contributed by atoms with Crippen LogP contribution < -0.4 is 43.0 Å². The number of alkyl carbamates (subject to hydrolysis) is 1. The molecule has 3 aromatic rings. The fourth-order valence-electron chi connectivity index (χ4n) is 9.52. The number of benzene rings is 3. The molecular weight excluding hydrogens is 941 g/mol. The van der Waals surface area contributed by atoms with E-state index in [-0.39, 0.29) is 51.5 Å². The molecule has 0 unspecified atom stereocenters. The number of primary amides is 1. The Morgan fingerprint density at radius 1 is 0.667 bits per heavy atom. The summed E-state index contributed by atoms with van der Waals surface area (Å²) in [5.74, 6) is -6.36. The maximum Gasteiger partial charge on any atom is 0.407 e. The van der Waals surface area contributed by atoms with E-state index in [9.17, 15) is 58.5 Å². The minimum Gasteiger partial charge on any atom is -0.481 e. The van der Waals surface area contributed by atoms with Gasteiger partial charge in [-0.2, -0.15) is 0 Å². The molecule has 1 saturated heterocycles. The Morgan fingerprint density at radius 2 is 1.24 bits per heavy atom. The van der Waals surface area contributed by atoms with Gasteiger partial charge in [0.15, 0.2) is 0 Å². The van der Waals surface area contributed by atoms with E-state index in [4.69, 9.17) is 19.9 Å². The van der Waals surface area contributed by atoms with Crippen LogP contribution >= 0.6 is 0 Å². The molecule has 6 atom stereocenters. The molecule has 8 rings (SSSR count). The summed E-state index contributed by atoms with van der Waals surface area (Å²) >= 11 is 0. The van der Waals surface area contributed by atoms with E-state index in [0.29, 0.717) is 24.8 Å². The predicted molar refractivity (Wildman–Crippen MR) is 251 cm³/mol. The predicted octanol–water partition coefficient (Wildman–Crippen LogP) is -1.67. The second-order valence-corrected chi connectivity index (χ2v) is 18.4. The number of aliphatic carboxylic acids is 1. The monoisotopic (exact) mass is 998 g/mol. The number of nitrogens with two attached hydrogens (primary N) is 1. The molecule has 3 aromatic carbocycles. The normalized spacial score (nSPS) is 23.0. The molecule has 2 bridgehead atoms. The number of carbonyl (C=O) groups is 9. The summed E-state index contributed by atoms with van der Waals surface area (Å²) in [6.07, 6.45) is -5.91. The van der Waals surface area contributed by atoms with Crippen LogP contribution in [-0.4, -0.2) is 150 Å². The van der Waals surface area contributed by atoms with Crippen molar-refractivity contribution in [3.8, 4) is 11.1 Å². The zero-order chi connectivity index (χ0) is 51.6. The van der Waals surface area contributed by atoms with Gasteiger partial charge in [0, 0.05) is 25.3 Å². The number of fused-ring (bicyclic) bond motifs is 3. The minimum atomic E-state index is -1.44. The molecule has 1 aliphatic heterocycles. The van der Waals surface area contributed by atoms with Crippen molar-refractivity contribution in [1.29, 1.82) is 0 Å². The van der Waals surface area contributed by atoms with E-state index in [1.807, 2.05) is 48.5 Å². The average Bonchev–Trinajstić information content (AvgIpc) is 3.79. The van der Waals surface area contributed by atoms with Gasteiger partial charge in [0.2, 0.25) is 41.4 Å². The Morgan fingerprint density at radius 3 is 1.86 bits per heavy atom. The van der Waals surface area contributed by atoms with E-state index >= 15 is 0 Å². The van der Waals surface area contributed by atoms with Gasteiger partial charge < -0.3 is 72.5 Å². The first kappa shape index (κ1) is 52.4. The molecule has 0 radical (unpaired) electrons. The number of carbonyl (C=O) groups excluding carboxylic acids is 8. The van der Waals surface area contributed by atoms with Crippen LogP contribution in [0.2, 0.25) is 0 Å². The lowest BCUT2D eigenvalue weighted by Crippen LogP contribution is -2.71. The third kappa shape index (κ3) is 12.9. The Hall–Kier alpha value is -7.47. The van der Waals surface area contributed by atoms with Crippen LogP contribution in [0.5, 0.6) is 0 Å². The number of nitrogens with one attached hydrogen (secondary N) is 7. The Labute approximate surface area is 412 Å². The summed E-state index contributed by atoms with van der Waals surface area (Å²) in [4.78, 5) is 114. The number of carboxylic acids is 1. The lowest BCUT2D eigenvalue weighted by molar-refractivity contribution is -0.283. The average molecular weight is 999 g/mol. The number of aliphatic hydroxyl groups is 2. The van der Waals surface area contributed by atoms with E-state index < -0.39 is 121 Å². The number of aliphatic hydroxyl groups excluding tert-OH is 2. The molecule has 23 heteroatoms. The zero-order valence-electron chi connectivity index (χ0n) is 39.1. The summed E-state index contributed by atoms with van der Waals surface area (Å²) in [6, 6.07) is 21.4. The molecule has 0 spiro atoms. The van der Waals surface area contributed by atoms with Crippen molar-refractivity contribution < 1.29 is 72.7 Å². The Bertz CT molecular complexity index is 2480. The minimum absolute atomic E-state index is 0.0218. The first-order valence-corrected chi connectivity index (χ1v) is 23.4. The van der Waals surface area contributed by atoms with Gasteiger partial charge in [0.25, 0.3) is 0 Å². The van der Waals surface area contributed by atoms with Crippen molar-refractivity contribution >= 4 is 53.4 Å². The van der Waals surface area contributed by atoms with Gasteiger partial charge in [-0.1, -0.05) is 78.9 Å². The zero-order valence-corrected chi connectivity index (χ0v) is 39.1. The van der Waals surface area contributed by atoms with Gasteiger partial charge in [-0.3, -0.25) is 38.4 Å². The van der Waals surface area contributed by atoms with E-state index in [1.165, 1.54) is 0 Å². The summed E-state index contributed by atoms with van der Waals surface area (Å²) < 4.78 is 16.8. The maximum atomic E-state index is 13.6. The third-order valence-electron chi connectivity index (χ3n) is 13.3. The third-order valence-corrected chi connectivity index (χ3v) is 13.3. The van der Waals surface area contributed by atoms with Crippen molar-refractivity contribution in [1.82, 2.24) is 37.2 Å². The molecule has 8 amide bonds. The molecule has 12 N–H and O–H groups in total. The molecule has 3 saturated carbocycles. The van der Waals surface area contributed by atoms with Crippen molar-refractivity contribution in [3.05, 3.63) is 95.6 Å². The van der Waals surface area contributed by atoms with Crippen molar-refractivity contribution in [2.75, 3.05) is 39.5 Å². The lowest BCUT2D eigenvalue weighted by atomic mass is 9.41. The number of hydrogen-bond donors (Lipinski definition) is 11. The second kappa shape index (κ2) is 23.2. The molecule has 4 fully saturated rings. The molecular formula is C49H58N8O15. The van der Waals surface area contributed by atoms with Gasteiger partial charge in [-0.25, -0.2) is 4.79 Å². The second-order valence-electron chi connectivity index (χ2n) is 18.4. The Balaban J connectivity index is 0.890. The number of ether oxygens (including phenoxy) is 3. The summed E-state index contributed by atoms with van der Waals surface area (Å²) in [5.41, 5.74) is 8.43. The fourth-order valence-corrected chi connectivity index (χ4v) is 9.52. The number of amides is 8. The van der Waals surface area contributed by atoms with Crippen LogP contribution in [-0.2, 0) is 59.0 Å². The van der Waals surface area contributed by atoms with Crippen LogP contribution in [0.1, 0.15) is 61.1 Å². The highest BCUT2D eigenvalue weighted by atomic mass is 16.6. The SMILES string of the molecule is NC(=O)C[C@@H]1O[C@H](CNC(=O)CC[C@H](NC(=O)OCC2c3ccccc3-c3ccccc32)C(=O)NCC(=O)NCC(=O)N[C@@H](Cc2ccccc2)C(=O)NCC(=O)NCOC23CC(C(=O)O)(C2)C3)[C@@H](O)[C@H]1O. The molecule has 5 aliphatic rings. The smallest absolute Gasteiger partial charge is 0.407 e. The van der Waals surface area contributed by atoms with Crippen LogP contribution in [0.25, 0.3) is 11.1 Å². The van der Waals surface area contributed by atoms with Crippen LogP contribution in [0.3, 0.4) is 0 Å². The molecule has 4 aliphatic carbocycles. The first-order valence-electron chi connectivity index (χ1n) is 23.4. The van der Waals surface area contributed by atoms with Crippen LogP contribution in [0.4, 0.5) is 4.79 Å². The van der Waals surface area contributed by atoms with Crippen molar-refractivity contribution in [3.63, 3.8) is 0 Å². The first-order chi connectivity index (χ1) is 34.4. The molecule has 384 valence electrons. The lowest BCUT2D eigenvalue weighted by Gasteiger charge is -2.66. The van der Waals surface area contributed by atoms with Gasteiger partial charge >= 0.3 is 12.1 Å². The highest BCUT2D eigenvalue weighted by molar-refractivity contribution is 5.94. The van der Waals surface area contributed by atoms with Crippen molar-refractivity contribution in [2.45, 2.75) is 93.0 Å². The summed E-state index contributed by atoms with van der Waals surface area (Å²) in [7, 11) is 0. The molecule has 72 heavy (non-hydrogen) atoms. The number of rotatable bonds is 25. The largest absolute Gasteiger partial charge is 0.481 e. The fraction of sp³-hybridized carbons (Fsp3) is 0.449. The van der Waals surface area contributed by atoms with Crippen molar-refractivity contribution in [2.24, 2.45) is 11.1 Å². The topological polar surface area (TPSA) is 352 Å². The molecule has 1 heterocycles.